The van der Waals surface area contributed by atoms with Crippen LogP contribution in [-0.2, 0) is 6.16 Å². The molecule has 0 amide bonds. The van der Waals surface area contributed by atoms with E-state index < -0.39 is 0 Å². The Hall–Kier alpha value is -0.270. The highest BCUT2D eigenvalue weighted by Gasteiger charge is 2.33. The SMILES string of the molecule is CC(C)(C)P(Cc1ccc(-c2ccc(PP)cc2)cc1)C(C)(C)C. The molecule has 3 heteroatoms. The van der Waals surface area contributed by atoms with Crippen molar-refractivity contribution in [2.45, 2.75) is 58.0 Å². The second-order valence-electron chi connectivity index (χ2n) is 8.35. The van der Waals surface area contributed by atoms with E-state index in [-0.39, 0.29) is 7.92 Å². The molecule has 0 aliphatic heterocycles. The lowest BCUT2D eigenvalue weighted by atomic mass is 10.0. The van der Waals surface area contributed by atoms with Crippen molar-refractivity contribution in [1.29, 1.82) is 0 Å². The first-order valence-corrected chi connectivity index (χ1v) is 12.9. The second-order valence-corrected chi connectivity index (χ2v) is 13.9. The van der Waals surface area contributed by atoms with Crippen molar-refractivity contribution >= 4 is 30.4 Å². The van der Waals surface area contributed by atoms with E-state index in [0.717, 1.165) is 8.27 Å². The fourth-order valence-corrected chi connectivity index (χ4v) is 7.70. The van der Waals surface area contributed by atoms with Gasteiger partial charge in [0.2, 0.25) is 0 Å². The molecule has 0 heterocycles. The minimum atomic E-state index is -0.0909. The first kappa shape index (κ1) is 20.0. The van der Waals surface area contributed by atoms with E-state index in [4.69, 9.17) is 0 Å². The van der Waals surface area contributed by atoms with Crippen LogP contribution in [0.25, 0.3) is 11.1 Å². The van der Waals surface area contributed by atoms with E-state index in [9.17, 15) is 0 Å². The summed E-state index contributed by atoms with van der Waals surface area (Å²) in [6.07, 6.45) is 1.20. The molecule has 0 saturated heterocycles. The zero-order valence-electron chi connectivity index (χ0n) is 15.9. The largest absolute Gasteiger partial charge is 0.110 e. The number of hydrogen-bond donors (Lipinski definition) is 0. The molecule has 0 radical (unpaired) electrons. The summed E-state index contributed by atoms with van der Waals surface area (Å²) >= 11 is 0. The Labute approximate surface area is 153 Å². The Balaban J connectivity index is 2.19. The van der Waals surface area contributed by atoms with Crippen LogP contribution >= 0.6 is 25.1 Å². The summed E-state index contributed by atoms with van der Waals surface area (Å²) in [7, 11) is 3.50. The highest BCUT2D eigenvalue weighted by molar-refractivity contribution is 8.06. The van der Waals surface area contributed by atoms with Gasteiger partial charge in [-0.15, -0.1) is 8.93 Å². The number of hydrogen-bond acceptors (Lipinski definition) is 0. The van der Waals surface area contributed by atoms with Crippen LogP contribution in [0.3, 0.4) is 0 Å². The molecule has 0 aliphatic carbocycles. The molecule has 2 aromatic rings. The van der Waals surface area contributed by atoms with Gasteiger partial charge in [-0.2, -0.15) is 0 Å². The van der Waals surface area contributed by atoms with Gasteiger partial charge in [0.05, 0.1) is 0 Å². The minimum Gasteiger partial charge on any atom is -0.110 e. The Morgan fingerprint density at radius 3 is 1.54 bits per heavy atom. The van der Waals surface area contributed by atoms with Crippen LogP contribution in [0.4, 0.5) is 0 Å². The van der Waals surface area contributed by atoms with Gasteiger partial charge in [0.15, 0.2) is 0 Å². The van der Waals surface area contributed by atoms with Gasteiger partial charge in [-0.05, 0) is 38.5 Å². The van der Waals surface area contributed by atoms with Crippen LogP contribution in [0.5, 0.6) is 0 Å². The third kappa shape index (κ3) is 5.36. The van der Waals surface area contributed by atoms with Crippen LogP contribution in [0.2, 0.25) is 0 Å². The predicted octanol–water partition coefficient (Wildman–Crippen LogP) is 7.03. The van der Waals surface area contributed by atoms with Crippen molar-refractivity contribution in [2.24, 2.45) is 0 Å². The fraction of sp³-hybridized carbons (Fsp3) is 0.429. The normalized spacial score (nSPS) is 13.2. The highest BCUT2D eigenvalue weighted by atomic mass is 32.0. The monoisotopic (exact) mass is 376 g/mol. The lowest BCUT2D eigenvalue weighted by molar-refractivity contribution is 0.702. The second kappa shape index (κ2) is 7.96. The average molecular weight is 376 g/mol. The number of rotatable bonds is 4. The maximum atomic E-state index is 2.81. The maximum Gasteiger partial charge on any atom is -0.00637 e. The van der Waals surface area contributed by atoms with E-state index in [0.29, 0.717) is 10.3 Å². The molecular formula is C21H31P3. The molecule has 2 aromatic carbocycles. The molecule has 0 N–H and O–H groups in total. The van der Waals surface area contributed by atoms with E-state index in [2.05, 4.69) is 99.0 Å². The molecule has 0 spiro atoms. The van der Waals surface area contributed by atoms with Gasteiger partial charge >= 0.3 is 0 Å². The van der Waals surface area contributed by atoms with Gasteiger partial charge in [0.25, 0.3) is 0 Å². The molecule has 2 rings (SSSR count). The van der Waals surface area contributed by atoms with Crippen LogP contribution in [0.1, 0.15) is 47.1 Å². The molecule has 130 valence electrons. The van der Waals surface area contributed by atoms with E-state index in [1.165, 1.54) is 28.2 Å². The lowest BCUT2D eigenvalue weighted by Gasteiger charge is -2.41. The van der Waals surface area contributed by atoms with E-state index in [1.807, 2.05) is 0 Å². The summed E-state index contributed by atoms with van der Waals surface area (Å²) in [6, 6.07) is 18.1. The number of benzene rings is 2. The zero-order valence-corrected chi connectivity index (χ0v) is 18.9. The molecule has 0 fully saturated rings. The third-order valence-electron chi connectivity index (χ3n) is 4.30. The predicted molar refractivity (Wildman–Crippen MR) is 120 cm³/mol. The Morgan fingerprint density at radius 1 is 0.750 bits per heavy atom. The van der Waals surface area contributed by atoms with Gasteiger partial charge in [-0.3, -0.25) is 0 Å². The van der Waals surface area contributed by atoms with Crippen LogP contribution in [0.15, 0.2) is 48.5 Å². The smallest absolute Gasteiger partial charge is 0.00637 e. The van der Waals surface area contributed by atoms with E-state index >= 15 is 0 Å². The van der Waals surface area contributed by atoms with Crippen molar-refractivity contribution in [1.82, 2.24) is 0 Å². The first-order valence-electron chi connectivity index (χ1n) is 8.55. The molecular weight excluding hydrogens is 345 g/mol. The van der Waals surface area contributed by atoms with Gasteiger partial charge < -0.3 is 0 Å². The zero-order chi connectivity index (χ0) is 18.0. The fourth-order valence-electron chi connectivity index (χ4n) is 3.22. The summed E-state index contributed by atoms with van der Waals surface area (Å²) in [6.45, 7) is 14.4. The van der Waals surface area contributed by atoms with Gasteiger partial charge in [-0.1, -0.05) is 106 Å². The molecule has 0 aliphatic rings. The molecule has 2 atom stereocenters. The van der Waals surface area contributed by atoms with Crippen LogP contribution in [-0.4, -0.2) is 10.3 Å². The average Bonchev–Trinajstić information content (AvgIpc) is 2.51. The molecule has 0 nitrogen and oxygen atoms in total. The van der Waals surface area contributed by atoms with Crippen molar-refractivity contribution < 1.29 is 0 Å². The summed E-state index contributed by atoms with van der Waals surface area (Å²) in [5.41, 5.74) is 4.09. The first-order chi connectivity index (χ1) is 11.1. The third-order valence-corrected chi connectivity index (χ3v) is 9.89. The summed E-state index contributed by atoms with van der Waals surface area (Å²) in [5.74, 6) is 0. The standard InChI is InChI=1S/C21H31P3/c1-20(2,3)24(21(4,5)6)15-16-7-9-17(10-8-16)18-11-13-19(23-22)14-12-18/h7-14,23H,15,22H2,1-6H3. The van der Waals surface area contributed by atoms with Crippen molar-refractivity contribution in [3.63, 3.8) is 0 Å². The summed E-state index contributed by atoms with van der Waals surface area (Å²) in [5, 5.41) is 2.14. The van der Waals surface area contributed by atoms with Gasteiger partial charge in [0.1, 0.15) is 0 Å². The maximum absolute atomic E-state index is 2.81. The molecule has 0 aromatic heterocycles. The lowest BCUT2D eigenvalue weighted by Crippen LogP contribution is -2.25. The van der Waals surface area contributed by atoms with Gasteiger partial charge in [0, 0.05) is 0 Å². The van der Waals surface area contributed by atoms with Crippen LogP contribution in [0, 0.1) is 0 Å². The van der Waals surface area contributed by atoms with Crippen molar-refractivity contribution in [3.8, 4) is 11.1 Å². The summed E-state index contributed by atoms with van der Waals surface area (Å²) in [4.78, 5) is 0. The molecule has 0 saturated carbocycles. The minimum absolute atomic E-state index is 0.0909. The Bertz CT molecular complexity index is 629. The highest BCUT2D eigenvalue weighted by Crippen LogP contribution is 2.61. The van der Waals surface area contributed by atoms with Gasteiger partial charge in [-0.25, -0.2) is 0 Å². The van der Waals surface area contributed by atoms with Crippen molar-refractivity contribution in [3.05, 3.63) is 54.1 Å². The molecule has 24 heavy (non-hydrogen) atoms. The molecule has 2 unspecified atom stereocenters. The van der Waals surface area contributed by atoms with E-state index in [1.54, 1.807) is 0 Å². The molecule has 0 bridgehead atoms. The summed E-state index contributed by atoms with van der Waals surface area (Å²) < 4.78 is 0. The van der Waals surface area contributed by atoms with Crippen LogP contribution < -0.4 is 5.30 Å². The topological polar surface area (TPSA) is 0 Å². The quantitative estimate of drug-likeness (QED) is 0.503. The Morgan fingerprint density at radius 2 is 1.17 bits per heavy atom. The Kier molecular flexibility index (Phi) is 6.65. The van der Waals surface area contributed by atoms with Crippen molar-refractivity contribution in [2.75, 3.05) is 0 Å².